The van der Waals surface area contributed by atoms with E-state index in [0.29, 0.717) is 0 Å². The van der Waals surface area contributed by atoms with Crippen LogP contribution in [0.5, 0.6) is 0 Å². The van der Waals surface area contributed by atoms with Crippen LogP contribution in [0.15, 0.2) is 48.5 Å². The molecule has 124 valence electrons. The third-order valence-corrected chi connectivity index (χ3v) is 5.96. The van der Waals surface area contributed by atoms with Gasteiger partial charge in [0.1, 0.15) is 4.87 Å². The van der Waals surface area contributed by atoms with Crippen molar-refractivity contribution in [3.8, 4) is 0 Å². The molecule has 0 bridgehead atoms. The molecule has 0 aliphatic heterocycles. The first-order chi connectivity index (χ1) is 10.8. The third kappa shape index (κ3) is 3.42. The zero-order chi connectivity index (χ0) is 17.2. The van der Waals surface area contributed by atoms with Crippen molar-refractivity contribution in [2.45, 2.75) is 39.5 Å². The predicted molar refractivity (Wildman–Crippen MR) is 98.1 cm³/mol. The van der Waals surface area contributed by atoms with Crippen molar-refractivity contribution >= 4 is 22.1 Å². The minimum atomic E-state index is -2.66. The largest absolute Gasteiger partial charge is 0.321 e. The zero-order valence-electron chi connectivity index (χ0n) is 14.4. The molecule has 0 N–H and O–H groups in total. The summed E-state index contributed by atoms with van der Waals surface area (Å²) in [6.45, 7) is 9.73. The van der Waals surface area contributed by atoms with Crippen LogP contribution in [0.1, 0.15) is 31.9 Å². The van der Waals surface area contributed by atoms with Crippen LogP contribution in [-0.2, 0) is 10.7 Å². The molecule has 0 aliphatic rings. The molecule has 0 radical (unpaired) electrons. The average Bonchev–Trinajstić information content (AvgIpc) is 2.50. The fraction of sp³-hybridized carbons (Fsp3) is 0.368. The van der Waals surface area contributed by atoms with Crippen molar-refractivity contribution in [3.05, 3.63) is 59.7 Å². The van der Waals surface area contributed by atoms with Crippen LogP contribution in [0, 0.1) is 19.8 Å². The van der Waals surface area contributed by atoms with Gasteiger partial charge in [-0.1, -0.05) is 49.2 Å². The van der Waals surface area contributed by atoms with Gasteiger partial charge in [-0.15, -0.1) is 0 Å². The molecule has 1 atom stereocenters. The van der Waals surface area contributed by atoms with Crippen LogP contribution in [0.25, 0.3) is 0 Å². The fourth-order valence-corrected chi connectivity index (χ4v) is 3.43. The molecule has 0 amide bonds. The lowest BCUT2D eigenvalue weighted by Gasteiger charge is -2.41. The molecule has 0 saturated carbocycles. The number of hydrogen-bond acceptors (Lipinski definition) is 3. The highest BCUT2D eigenvalue weighted by molar-refractivity contribution is 7.74. The summed E-state index contributed by atoms with van der Waals surface area (Å²) in [5.41, 5.74) is 4.07. The van der Waals surface area contributed by atoms with Gasteiger partial charge in [0, 0.05) is 11.4 Å². The van der Waals surface area contributed by atoms with Gasteiger partial charge >= 0.3 is 0 Å². The summed E-state index contributed by atoms with van der Waals surface area (Å²) in [6.07, 6.45) is 0. The number of anilines is 2. The second kappa shape index (κ2) is 6.75. The highest BCUT2D eigenvalue weighted by atomic mass is 32.2. The Balaban J connectivity index is 2.68. The van der Waals surface area contributed by atoms with Gasteiger partial charge in [-0.05, 0) is 51.0 Å². The highest BCUT2D eigenvalue weighted by Crippen LogP contribution is 2.38. The van der Waals surface area contributed by atoms with E-state index in [4.69, 9.17) is 0 Å². The van der Waals surface area contributed by atoms with Gasteiger partial charge in [0.05, 0.1) is 0 Å². The molecule has 3 nitrogen and oxygen atoms in total. The maximum absolute atomic E-state index is 12.2. The molecule has 0 aliphatic carbocycles. The van der Waals surface area contributed by atoms with Crippen molar-refractivity contribution in [3.63, 3.8) is 0 Å². The summed E-state index contributed by atoms with van der Waals surface area (Å²) in [6, 6.07) is 16.0. The van der Waals surface area contributed by atoms with Gasteiger partial charge in [-0.2, -0.15) is 0 Å². The topological polar surface area (TPSA) is 37.4 Å². The molecule has 1 unspecified atom stereocenters. The summed E-state index contributed by atoms with van der Waals surface area (Å²) < 4.78 is 24.4. The van der Waals surface area contributed by atoms with E-state index in [1.807, 2.05) is 81.1 Å². The third-order valence-electron chi connectivity index (χ3n) is 4.50. The van der Waals surface area contributed by atoms with Crippen LogP contribution in [0.2, 0.25) is 0 Å². The van der Waals surface area contributed by atoms with Crippen molar-refractivity contribution in [1.82, 2.24) is 0 Å². The lowest BCUT2D eigenvalue weighted by Crippen LogP contribution is -2.49. The van der Waals surface area contributed by atoms with E-state index >= 15 is 0 Å². The Hall–Kier alpha value is -1.81. The Morgan fingerprint density at radius 3 is 1.43 bits per heavy atom. The lowest BCUT2D eigenvalue weighted by atomic mass is 10.0. The molecule has 4 heteroatoms. The van der Waals surface area contributed by atoms with E-state index in [9.17, 15) is 8.42 Å². The monoisotopic (exact) mass is 331 g/mol. The molecule has 0 aromatic heterocycles. The van der Waals surface area contributed by atoms with E-state index in [1.165, 1.54) is 0 Å². The number of rotatable bonds is 5. The lowest BCUT2D eigenvalue weighted by molar-refractivity contribution is 0.442. The van der Waals surface area contributed by atoms with E-state index in [-0.39, 0.29) is 5.92 Å². The van der Waals surface area contributed by atoms with Crippen molar-refractivity contribution < 1.29 is 8.42 Å². The van der Waals surface area contributed by atoms with Crippen LogP contribution in [0.3, 0.4) is 0 Å². The minimum absolute atomic E-state index is 0.0637. The fourth-order valence-electron chi connectivity index (χ4n) is 2.61. The minimum Gasteiger partial charge on any atom is -0.321 e. The van der Waals surface area contributed by atoms with Crippen LogP contribution in [0.4, 0.5) is 11.4 Å². The maximum atomic E-state index is 12.2. The summed E-state index contributed by atoms with van der Waals surface area (Å²) in [7, 11) is -2.66. The molecule has 2 aromatic rings. The number of benzene rings is 2. The zero-order valence-corrected chi connectivity index (χ0v) is 15.3. The van der Waals surface area contributed by atoms with Crippen LogP contribution < -0.4 is 4.90 Å². The van der Waals surface area contributed by atoms with Gasteiger partial charge in [0.2, 0.25) is 0 Å². The molecular formula is C19H25NO2S. The molecule has 23 heavy (non-hydrogen) atoms. The Morgan fingerprint density at radius 2 is 1.17 bits per heavy atom. The van der Waals surface area contributed by atoms with Crippen molar-refractivity contribution in [2.75, 3.05) is 4.90 Å². The van der Waals surface area contributed by atoms with Crippen LogP contribution in [-0.4, -0.2) is 13.3 Å². The maximum Gasteiger partial charge on any atom is 0.164 e. The summed E-state index contributed by atoms with van der Waals surface area (Å²) in [5.74, 6) is -0.0637. The summed E-state index contributed by atoms with van der Waals surface area (Å²) in [5, 5.41) is 0. The number of hydrogen-bond donors (Lipinski definition) is 1. The van der Waals surface area contributed by atoms with E-state index in [0.717, 1.165) is 22.5 Å². The van der Waals surface area contributed by atoms with E-state index in [1.54, 1.807) is 6.92 Å². The van der Waals surface area contributed by atoms with Gasteiger partial charge in [-0.25, -0.2) is 8.42 Å². The SMILES string of the molecule is Cc1ccc(N(c2ccc(C)cc2)C(C)(C(C)C)[SH](=O)=O)cc1. The molecule has 2 rings (SSSR count). The molecular weight excluding hydrogens is 306 g/mol. The Morgan fingerprint density at radius 1 is 0.826 bits per heavy atom. The average molecular weight is 331 g/mol. The van der Waals surface area contributed by atoms with Gasteiger partial charge in [0.25, 0.3) is 0 Å². The van der Waals surface area contributed by atoms with Crippen molar-refractivity contribution in [1.29, 1.82) is 0 Å². The van der Waals surface area contributed by atoms with Gasteiger partial charge < -0.3 is 4.90 Å². The molecule has 2 aromatic carbocycles. The highest BCUT2D eigenvalue weighted by Gasteiger charge is 2.40. The normalized spacial score (nSPS) is 14.0. The van der Waals surface area contributed by atoms with Gasteiger partial charge in [-0.3, -0.25) is 0 Å². The van der Waals surface area contributed by atoms with Crippen molar-refractivity contribution in [2.24, 2.45) is 5.92 Å². The van der Waals surface area contributed by atoms with Crippen LogP contribution >= 0.6 is 0 Å². The first-order valence-corrected chi connectivity index (χ1v) is 9.02. The Labute approximate surface area is 140 Å². The smallest absolute Gasteiger partial charge is 0.164 e. The first-order valence-electron chi connectivity index (χ1n) is 7.85. The molecule has 0 heterocycles. The van der Waals surface area contributed by atoms with E-state index < -0.39 is 15.6 Å². The molecule has 0 fully saturated rings. The second-order valence-electron chi connectivity index (χ2n) is 6.51. The Kier molecular flexibility index (Phi) is 5.15. The molecule has 0 saturated heterocycles. The number of aryl methyl sites for hydroxylation is 2. The Bertz CT molecular complexity index is 679. The summed E-state index contributed by atoms with van der Waals surface area (Å²) >= 11 is 0. The standard InChI is InChI=1S/C19H25NO2S/c1-14(2)19(5,23(21)22)20(17-10-6-15(3)7-11-17)18-12-8-16(4)9-13-18/h6-14,23H,1-5H3. The number of thiol groups is 1. The second-order valence-corrected chi connectivity index (χ2v) is 7.93. The first kappa shape index (κ1) is 17.5. The van der Waals surface area contributed by atoms with Gasteiger partial charge in [0.15, 0.2) is 10.7 Å². The number of nitrogens with zero attached hydrogens (tertiary/aromatic N) is 1. The quantitative estimate of drug-likeness (QED) is 0.824. The molecule has 0 spiro atoms. The predicted octanol–water partition coefficient (Wildman–Crippen LogP) is 4.43. The summed E-state index contributed by atoms with van der Waals surface area (Å²) in [4.78, 5) is 0.933. The van der Waals surface area contributed by atoms with E-state index in [2.05, 4.69) is 0 Å².